The number of nitrogens with zero attached hydrogens (tertiary/aromatic N) is 3. The molecule has 1 unspecified atom stereocenters. The third kappa shape index (κ3) is 3.40. The molecule has 0 saturated carbocycles. The molecule has 3 aliphatic rings. The molecule has 0 bridgehead atoms. The van der Waals surface area contributed by atoms with Crippen LogP contribution in [0.4, 0.5) is 0 Å². The molecule has 0 spiro atoms. The summed E-state index contributed by atoms with van der Waals surface area (Å²) in [5, 5.41) is 9.08. The second kappa shape index (κ2) is 7.87. The summed E-state index contributed by atoms with van der Waals surface area (Å²) in [6.45, 7) is 1.75. The summed E-state index contributed by atoms with van der Waals surface area (Å²) < 4.78 is 0. The number of fused-ring (bicyclic) bond motifs is 1. The van der Waals surface area contributed by atoms with E-state index in [-0.39, 0.29) is 24.2 Å². The van der Waals surface area contributed by atoms with Gasteiger partial charge in [-0.3, -0.25) is 19.5 Å². The quantitative estimate of drug-likeness (QED) is 0.473. The molecular weight excluding hydrogens is 372 g/mol. The van der Waals surface area contributed by atoms with Crippen LogP contribution in [0.15, 0.2) is 34.7 Å². The van der Waals surface area contributed by atoms with Gasteiger partial charge in [0.1, 0.15) is 23.3 Å². The molecule has 0 aromatic heterocycles. The zero-order chi connectivity index (χ0) is 20.4. The molecule has 29 heavy (non-hydrogen) atoms. The Kier molecular flexibility index (Phi) is 5.12. The number of amides is 2. The van der Waals surface area contributed by atoms with E-state index in [0.717, 1.165) is 30.8 Å². The van der Waals surface area contributed by atoms with Crippen molar-refractivity contribution in [2.45, 2.75) is 38.1 Å². The molecule has 1 aromatic carbocycles. The van der Waals surface area contributed by atoms with Crippen molar-refractivity contribution >= 4 is 29.9 Å². The predicted octanol–water partition coefficient (Wildman–Crippen LogP) is 1.29. The Morgan fingerprint density at radius 2 is 1.86 bits per heavy atom. The topological polar surface area (TPSA) is 99.2 Å². The van der Waals surface area contributed by atoms with Gasteiger partial charge in [0.25, 0.3) is 11.8 Å². The largest absolute Gasteiger partial charge is 0.342 e. The van der Waals surface area contributed by atoms with Gasteiger partial charge in [-0.2, -0.15) is 5.10 Å². The van der Waals surface area contributed by atoms with Crippen molar-refractivity contribution in [1.29, 1.82) is 0 Å². The predicted molar refractivity (Wildman–Crippen MR) is 105 cm³/mol. The molecule has 1 aromatic rings. The highest BCUT2D eigenvalue weighted by Crippen LogP contribution is 2.32. The lowest BCUT2D eigenvalue weighted by atomic mass is 10.0. The van der Waals surface area contributed by atoms with Gasteiger partial charge in [0.15, 0.2) is 0 Å². The Bertz CT molecular complexity index is 996. The first-order valence-electron chi connectivity index (χ1n) is 9.70. The van der Waals surface area contributed by atoms with Gasteiger partial charge in [0.2, 0.25) is 0 Å². The maximum atomic E-state index is 13.2. The smallest absolute Gasteiger partial charge is 0.262 e. The molecule has 0 aliphatic carbocycles. The van der Waals surface area contributed by atoms with E-state index in [1.165, 1.54) is 6.42 Å². The van der Waals surface area contributed by atoms with Gasteiger partial charge in [-0.1, -0.05) is 12.1 Å². The van der Waals surface area contributed by atoms with E-state index in [2.05, 4.69) is 10.4 Å². The zero-order valence-electron chi connectivity index (χ0n) is 15.8. The lowest BCUT2D eigenvalue weighted by molar-refractivity contribution is 0.0593. The monoisotopic (exact) mass is 392 g/mol. The second-order valence-electron chi connectivity index (χ2n) is 7.28. The van der Waals surface area contributed by atoms with Crippen molar-refractivity contribution in [2.75, 3.05) is 13.1 Å². The van der Waals surface area contributed by atoms with E-state index in [1.54, 1.807) is 36.3 Å². The maximum Gasteiger partial charge on any atom is 0.262 e. The number of carbonyl (C=O) groups is 2. The van der Waals surface area contributed by atoms with Crippen LogP contribution in [-0.2, 0) is 9.59 Å². The molecule has 8 nitrogen and oxygen atoms in total. The summed E-state index contributed by atoms with van der Waals surface area (Å²) >= 11 is 0. The first-order chi connectivity index (χ1) is 14.1. The van der Waals surface area contributed by atoms with E-state index in [4.69, 9.17) is 0 Å². The van der Waals surface area contributed by atoms with Gasteiger partial charge in [-0.25, -0.2) is 9.59 Å². The highest BCUT2D eigenvalue weighted by Gasteiger charge is 2.44. The van der Waals surface area contributed by atoms with Gasteiger partial charge in [0, 0.05) is 25.1 Å². The van der Waals surface area contributed by atoms with Crippen molar-refractivity contribution < 1.29 is 19.2 Å². The second-order valence-corrected chi connectivity index (χ2v) is 7.28. The summed E-state index contributed by atoms with van der Waals surface area (Å²) in [6, 6.07) is 4.28. The van der Waals surface area contributed by atoms with Gasteiger partial charge in [0.05, 0.1) is 23.4 Å². The van der Waals surface area contributed by atoms with Crippen LogP contribution in [0.1, 0.15) is 58.4 Å². The first-order valence-corrected chi connectivity index (χ1v) is 9.70. The van der Waals surface area contributed by atoms with Gasteiger partial charge < -0.3 is 5.32 Å². The molecule has 148 valence electrons. The molecule has 2 fully saturated rings. The minimum Gasteiger partial charge on any atom is -0.342 e. The summed E-state index contributed by atoms with van der Waals surface area (Å²) in [5.41, 5.74) is 1.36. The zero-order valence-corrected chi connectivity index (χ0v) is 15.8. The minimum absolute atomic E-state index is 0.00681. The van der Waals surface area contributed by atoms with Crippen LogP contribution < -0.4 is 5.32 Å². The fourth-order valence-corrected chi connectivity index (χ4v) is 4.02. The maximum absolute atomic E-state index is 13.2. The summed E-state index contributed by atoms with van der Waals surface area (Å²) in [4.78, 5) is 49.5. The van der Waals surface area contributed by atoms with Crippen LogP contribution in [0.2, 0.25) is 0 Å². The van der Waals surface area contributed by atoms with Gasteiger partial charge in [-0.15, -0.1) is 0 Å². The summed E-state index contributed by atoms with van der Waals surface area (Å²) in [5.74, 6) is 2.51. The van der Waals surface area contributed by atoms with Crippen LogP contribution >= 0.6 is 0 Å². The van der Waals surface area contributed by atoms with Crippen LogP contribution in [0.25, 0.3) is 0 Å². The Morgan fingerprint density at radius 3 is 2.59 bits per heavy atom. The Balaban J connectivity index is 1.64. The van der Waals surface area contributed by atoms with Crippen LogP contribution in [-0.4, -0.2) is 59.0 Å². The highest BCUT2D eigenvalue weighted by atomic mass is 16.2. The number of hydrogen-bond acceptors (Lipinski definition) is 7. The van der Waals surface area contributed by atoms with E-state index < -0.39 is 17.9 Å². The molecule has 3 aliphatic heterocycles. The Morgan fingerprint density at radius 1 is 1.07 bits per heavy atom. The number of hydrazone groups is 1. The minimum atomic E-state index is -0.788. The number of piperidine rings is 2. The van der Waals surface area contributed by atoms with E-state index in [1.807, 2.05) is 5.01 Å². The molecule has 0 radical (unpaired) electrons. The summed E-state index contributed by atoms with van der Waals surface area (Å²) in [7, 11) is 0. The number of nitrogens with one attached hydrogen (secondary N) is 1. The molecule has 8 heteroatoms. The van der Waals surface area contributed by atoms with Gasteiger partial charge in [-0.05, 0) is 31.7 Å². The van der Waals surface area contributed by atoms with E-state index in [9.17, 15) is 19.2 Å². The van der Waals surface area contributed by atoms with Crippen LogP contribution in [0.5, 0.6) is 0 Å². The fourth-order valence-electron chi connectivity index (χ4n) is 4.02. The van der Waals surface area contributed by atoms with Crippen LogP contribution in [0.3, 0.4) is 0 Å². The van der Waals surface area contributed by atoms with E-state index in [0.29, 0.717) is 16.7 Å². The van der Waals surface area contributed by atoms with E-state index >= 15 is 0 Å². The average molecular weight is 392 g/mol. The molecule has 1 N–H and O–H groups in total. The number of rotatable bonds is 3. The molecular formula is C21H20N4O4. The Hall–Kier alpha value is -3.47. The van der Waals surface area contributed by atoms with Crippen molar-refractivity contribution in [3.8, 4) is 0 Å². The molecule has 1 atom stereocenters. The van der Waals surface area contributed by atoms with Crippen molar-refractivity contribution in [3.63, 3.8) is 0 Å². The molecule has 3 heterocycles. The lowest BCUT2D eigenvalue weighted by Gasteiger charge is -2.30. The van der Waals surface area contributed by atoms with Crippen molar-refractivity contribution in [2.24, 2.45) is 5.10 Å². The SMILES string of the molecule is O=C=C1CCC(N2C(=O)c3cccc(/C=N/N4CCCCC4)c3C2=O)C(=C=O)N1. The molecule has 4 rings (SSSR count). The van der Waals surface area contributed by atoms with Crippen molar-refractivity contribution in [3.05, 3.63) is 46.3 Å². The molecule has 2 amide bonds. The number of hydrogen-bond donors (Lipinski definition) is 1. The first kappa shape index (κ1) is 18.9. The fraction of sp³-hybridized carbons (Fsp3) is 0.381. The lowest BCUT2D eigenvalue weighted by Crippen LogP contribution is -2.46. The average Bonchev–Trinajstić information content (AvgIpc) is 3.03. The number of allylic oxidation sites excluding steroid dienone is 1. The number of carbonyl (C=O) groups excluding carboxylic acids is 4. The normalized spacial score (nSPS) is 21.9. The van der Waals surface area contributed by atoms with Gasteiger partial charge >= 0.3 is 0 Å². The standard InChI is InChI=1S/C21H20N4O4/c26-12-15-7-8-18(17(13-27)23-15)25-20(28)16-6-4-5-14(19(16)21(25)29)11-22-24-9-2-1-3-10-24/h4-6,11,18,23H,1-3,7-10H2/b22-11+. The van der Waals surface area contributed by atoms with Crippen LogP contribution in [0, 0.1) is 0 Å². The highest BCUT2D eigenvalue weighted by molar-refractivity contribution is 6.24. The third-order valence-electron chi connectivity index (χ3n) is 5.50. The Labute approximate surface area is 167 Å². The van der Waals surface area contributed by atoms with Crippen molar-refractivity contribution in [1.82, 2.24) is 15.2 Å². The number of benzene rings is 1. The third-order valence-corrected chi connectivity index (χ3v) is 5.50. The molecule has 2 saturated heterocycles. The summed E-state index contributed by atoms with van der Waals surface area (Å²) in [6.07, 6.45) is 5.55. The number of imide groups is 1.